The van der Waals surface area contributed by atoms with Crippen LogP contribution in [0.3, 0.4) is 0 Å². The molecule has 0 saturated heterocycles. The van der Waals surface area contributed by atoms with Gasteiger partial charge in [0.1, 0.15) is 0 Å². The molecule has 4 unspecified atom stereocenters. The van der Waals surface area contributed by atoms with Gasteiger partial charge >= 0.3 is 0 Å². The SMILES string of the molecule is CCCCCCCCCC1CC1C1CC=CC1C. The van der Waals surface area contributed by atoms with Crippen LogP contribution in [0.5, 0.6) is 0 Å². The maximum atomic E-state index is 2.44. The summed E-state index contributed by atoms with van der Waals surface area (Å²) in [6, 6.07) is 0. The van der Waals surface area contributed by atoms with Gasteiger partial charge in [0, 0.05) is 0 Å². The first-order valence-electron chi connectivity index (χ1n) is 8.49. The molecule has 0 heterocycles. The molecule has 0 amide bonds. The van der Waals surface area contributed by atoms with Gasteiger partial charge in [-0.05, 0) is 36.5 Å². The van der Waals surface area contributed by atoms with E-state index < -0.39 is 0 Å². The Kier molecular flexibility index (Phi) is 5.79. The summed E-state index contributed by atoms with van der Waals surface area (Å²) in [5.41, 5.74) is 0. The highest BCUT2D eigenvalue weighted by Gasteiger charge is 2.43. The molecular weight excluding hydrogens is 216 g/mol. The summed E-state index contributed by atoms with van der Waals surface area (Å²) in [6.45, 7) is 4.71. The van der Waals surface area contributed by atoms with E-state index in [4.69, 9.17) is 0 Å². The lowest BCUT2D eigenvalue weighted by Gasteiger charge is -2.14. The van der Waals surface area contributed by atoms with Crippen LogP contribution in [0, 0.1) is 23.7 Å². The highest BCUT2D eigenvalue weighted by Crippen LogP contribution is 2.52. The molecule has 2 rings (SSSR count). The van der Waals surface area contributed by atoms with Gasteiger partial charge in [-0.3, -0.25) is 0 Å². The lowest BCUT2D eigenvalue weighted by molar-refractivity contribution is 0.369. The second-order valence-electron chi connectivity index (χ2n) is 6.76. The van der Waals surface area contributed by atoms with Crippen LogP contribution in [0.25, 0.3) is 0 Å². The third kappa shape index (κ3) is 4.14. The van der Waals surface area contributed by atoms with Crippen LogP contribution in [0.15, 0.2) is 12.2 Å². The van der Waals surface area contributed by atoms with Gasteiger partial charge in [-0.15, -0.1) is 0 Å². The Balaban J connectivity index is 1.45. The summed E-state index contributed by atoms with van der Waals surface area (Å²) < 4.78 is 0. The van der Waals surface area contributed by atoms with E-state index in [9.17, 15) is 0 Å². The molecule has 0 nitrogen and oxygen atoms in total. The third-order valence-corrected chi connectivity index (χ3v) is 5.23. The lowest BCUT2D eigenvalue weighted by atomic mass is 9.90. The monoisotopic (exact) mass is 248 g/mol. The zero-order valence-corrected chi connectivity index (χ0v) is 12.5. The summed E-state index contributed by atoms with van der Waals surface area (Å²) in [5.74, 6) is 4.08. The van der Waals surface area contributed by atoms with Crippen molar-refractivity contribution in [1.29, 1.82) is 0 Å². The largest absolute Gasteiger partial charge is 0.0880 e. The Morgan fingerprint density at radius 1 is 0.944 bits per heavy atom. The lowest BCUT2D eigenvalue weighted by Crippen LogP contribution is -2.08. The van der Waals surface area contributed by atoms with Crippen LogP contribution in [0.1, 0.15) is 78.1 Å². The van der Waals surface area contributed by atoms with E-state index in [1.165, 1.54) is 57.8 Å². The van der Waals surface area contributed by atoms with Gasteiger partial charge < -0.3 is 0 Å². The van der Waals surface area contributed by atoms with E-state index >= 15 is 0 Å². The molecule has 1 fully saturated rings. The van der Waals surface area contributed by atoms with Gasteiger partial charge in [0.05, 0.1) is 0 Å². The minimum absolute atomic E-state index is 0.869. The van der Waals surface area contributed by atoms with Crippen LogP contribution in [0.4, 0.5) is 0 Å². The number of rotatable bonds is 9. The van der Waals surface area contributed by atoms with Gasteiger partial charge in [-0.1, -0.05) is 77.4 Å². The third-order valence-electron chi connectivity index (χ3n) is 5.23. The molecule has 4 atom stereocenters. The number of hydrogen-bond donors (Lipinski definition) is 0. The van der Waals surface area contributed by atoms with Crippen molar-refractivity contribution in [2.75, 3.05) is 0 Å². The molecule has 104 valence electrons. The van der Waals surface area contributed by atoms with Crippen LogP contribution in [0.2, 0.25) is 0 Å². The van der Waals surface area contributed by atoms with Gasteiger partial charge in [-0.25, -0.2) is 0 Å². The average molecular weight is 248 g/mol. The molecule has 2 aliphatic rings. The predicted octanol–water partition coefficient (Wildman–Crippen LogP) is 5.98. The number of allylic oxidation sites excluding steroid dienone is 2. The van der Waals surface area contributed by atoms with Crippen LogP contribution >= 0.6 is 0 Å². The van der Waals surface area contributed by atoms with Crippen molar-refractivity contribution in [2.24, 2.45) is 23.7 Å². The van der Waals surface area contributed by atoms with Crippen molar-refractivity contribution < 1.29 is 0 Å². The summed E-state index contributed by atoms with van der Waals surface area (Å²) in [5, 5.41) is 0. The molecule has 0 aromatic rings. The normalized spacial score (nSPS) is 34.1. The van der Waals surface area contributed by atoms with Gasteiger partial charge in [-0.2, -0.15) is 0 Å². The Morgan fingerprint density at radius 2 is 1.67 bits per heavy atom. The summed E-state index contributed by atoms with van der Waals surface area (Å²) in [4.78, 5) is 0. The fraction of sp³-hybridized carbons (Fsp3) is 0.889. The summed E-state index contributed by atoms with van der Waals surface area (Å²) >= 11 is 0. The first-order chi connectivity index (χ1) is 8.83. The highest BCUT2D eigenvalue weighted by atomic mass is 14.5. The zero-order valence-electron chi connectivity index (χ0n) is 12.5. The van der Waals surface area contributed by atoms with Crippen molar-refractivity contribution in [3.8, 4) is 0 Å². The van der Waals surface area contributed by atoms with Crippen LogP contribution in [-0.2, 0) is 0 Å². The van der Waals surface area contributed by atoms with E-state index in [0.717, 1.165) is 23.7 Å². The number of unbranched alkanes of at least 4 members (excludes halogenated alkanes) is 6. The number of hydrogen-bond acceptors (Lipinski definition) is 0. The maximum absolute atomic E-state index is 2.44. The Morgan fingerprint density at radius 3 is 2.33 bits per heavy atom. The molecule has 0 radical (unpaired) electrons. The maximum Gasteiger partial charge on any atom is -0.0228 e. The molecule has 0 aliphatic heterocycles. The van der Waals surface area contributed by atoms with Crippen molar-refractivity contribution in [1.82, 2.24) is 0 Å². The molecule has 2 aliphatic carbocycles. The molecule has 0 aromatic heterocycles. The van der Waals surface area contributed by atoms with Gasteiger partial charge in [0.25, 0.3) is 0 Å². The van der Waals surface area contributed by atoms with Crippen molar-refractivity contribution in [3.63, 3.8) is 0 Å². The molecule has 0 N–H and O–H groups in total. The standard InChI is InChI=1S/C18H32/c1-3-4-5-6-7-8-9-12-16-14-18(16)17-13-10-11-15(17)2/h10-11,15-18H,3-9,12-14H2,1-2H3. The molecule has 1 saturated carbocycles. The Labute approximate surface area is 114 Å². The second-order valence-corrected chi connectivity index (χ2v) is 6.76. The average Bonchev–Trinajstić information content (AvgIpc) is 3.01. The molecule has 0 spiro atoms. The van der Waals surface area contributed by atoms with Gasteiger partial charge in [0.2, 0.25) is 0 Å². The Bertz CT molecular complexity index is 253. The van der Waals surface area contributed by atoms with Crippen LogP contribution in [-0.4, -0.2) is 0 Å². The summed E-state index contributed by atoms with van der Waals surface area (Å²) in [6.07, 6.45) is 19.5. The van der Waals surface area contributed by atoms with Crippen molar-refractivity contribution in [3.05, 3.63) is 12.2 Å². The fourth-order valence-corrected chi connectivity index (χ4v) is 3.86. The molecule has 0 heteroatoms. The summed E-state index contributed by atoms with van der Waals surface area (Å²) in [7, 11) is 0. The minimum Gasteiger partial charge on any atom is -0.0880 e. The second kappa shape index (κ2) is 7.36. The van der Waals surface area contributed by atoms with E-state index in [2.05, 4.69) is 26.0 Å². The quantitative estimate of drug-likeness (QED) is 0.348. The molecule has 0 aromatic carbocycles. The topological polar surface area (TPSA) is 0 Å². The molecule has 0 bridgehead atoms. The van der Waals surface area contributed by atoms with Gasteiger partial charge in [0.15, 0.2) is 0 Å². The predicted molar refractivity (Wildman–Crippen MR) is 80.6 cm³/mol. The van der Waals surface area contributed by atoms with E-state index in [1.807, 2.05) is 0 Å². The Hall–Kier alpha value is -0.260. The smallest absolute Gasteiger partial charge is 0.0228 e. The van der Waals surface area contributed by atoms with Crippen molar-refractivity contribution in [2.45, 2.75) is 78.1 Å². The fourth-order valence-electron chi connectivity index (χ4n) is 3.86. The molecule has 18 heavy (non-hydrogen) atoms. The first-order valence-corrected chi connectivity index (χ1v) is 8.49. The highest BCUT2D eigenvalue weighted by molar-refractivity contribution is 5.06. The molecular formula is C18H32. The van der Waals surface area contributed by atoms with E-state index in [1.54, 1.807) is 6.42 Å². The van der Waals surface area contributed by atoms with E-state index in [-0.39, 0.29) is 0 Å². The zero-order chi connectivity index (χ0) is 12.8. The van der Waals surface area contributed by atoms with E-state index in [0.29, 0.717) is 0 Å². The van der Waals surface area contributed by atoms with Crippen molar-refractivity contribution >= 4 is 0 Å². The van der Waals surface area contributed by atoms with Crippen LogP contribution < -0.4 is 0 Å². The first kappa shape index (κ1) is 14.2. The minimum atomic E-state index is 0.869.